The van der Waals surface area contributed by atoms with Gasteiger partial charge in [-0.3, -0.25) is 0 Å². The number of methoxy groups -OCH3 is 2. The molecule has 0 saturated heterocycles. The molecule has 0 unspecified atom stereocenters. The number of halogens is 2. The molecule has 0 aliphatic carbocycles. The van der Waals surface area contributed by atoms with Crippen LogP contribution < -0.4 is 19.8 Å². The predicted octanol–water partition coefficient (Wildman–Crippen LogP) is 7.03. The highest BCUT2D eigenvalue weighted by Gasteiger charge is 2.52. The summed E-state index contributed by atoms with van der Waals surface area (Å²) in [6, 6.07) is 13.3. The van der Waals surface area contributed by atoms with Gasteiger partial charge in [0.05, 0.1) is 21.4 Å². The minimum Gasteiger partial charge on any atom is -0.496 e. The molecular weight excluding hydrogens is 726 g/mol. The van der Waals surface area contributed by atoms with E-state index in [1.54, 1.807) is 35.0 Å². The molecule has 5 rings (SSSR count). The zero-order valence-corrected chi connectivity index (χ0v) is 29.5. The predicted molar refractivity (Wildman–Crippen MR) is 184 cm³/mol. The number of benzene rings is 3. The minimum absolute atomic E-state index is 0.923. The summed E-state index contributed by atoms with van der Waals surface area (Å²) in [6.07, 6.45) is 10.6. The summed E-state index contributed by atoms with van der Waals surface area (Å²) in [6.45, 7) is 13.9. The van der Waals surface area contributed by atoms with E-state index in [-0.39, 0.29) is 0 Å². The van der Waals surface area contributed by atoms with E-state index in [1.807, 2.05) is 26.0 Å². The summed E-state index contributed by atoms with van der Waals surface area (Å²) < 4.78 is 13.8. The van der Waals surface area contributed by atoms with Crippen LogP contribution in [0.5, 0.6) is 11.5 Å². The monoisotopic (exact) mass is 758 g/mol. The molecule has 0 aromatic heterocycles. The van der Waals surface area contributed by atoms with Crippen LogP contribution in [-0.4, -0.2) is 30.4 Å². The van der Waals surface area contributed by atoms with Crippen molar-refractivity contribution in [2.24, 2.45) is 0 Å². The van der Waals surface area contributed by atoms with Gasteiger partial charge in [0.15, 0.2) is 0 Å². The summed E-state index contributed by atoms with van der Waals surface area (Å²) in [5, 5.41) is 6.41. The van der Waals surface area contributed by atoms with Crippen LogP contribution in [0.15, 0.2) is 36.4 Å². The zero-order valence-electron chi connectivity index (χ0n) is 23.2. The van der Waals surface area contributed by atoms with E-state index < -0.39 is 16.1 Å². The summed E-state index contributed by atoms with van der Waals surface area (Å²) in [5.41, 5.74) is 6.89. The Bertz CT molecular complexity index is 1480. The van der Waals surface area contributed by atoms with E-state index in [4.69, 9.17) is 22.3 Å². The Morgan fingerprint density at radius 2 is 0.974 bits per heavy atom. The molecule has 2 heterocycles. The fraction of sp³-hybridized carbons (Fsp3) is 0.250. The second-order valence-electron chi connectivity index (χ2n) is 10.8. The van der Waals surface area contributed by atoms with Gasteiger partial charge in [-0.25, -0.2) is 0 Å². The van der Waals surface area contributed by atoms with E-state index in [2.05, 4.69) is 107 Å². The van der Waals surface area contributed by atoms with Crippen molar-refractivity contribution < 1.29 is 9.47 Å². The molecule has 3 aromatic rings. The van der Waals surface area contributed by atoms with Crippen molar-refractivity contribution in [3.8, 4) is 36.2 Å². The van der Waals surface area contributed by atoms with Gasteiger partial charge >= 0.3 is 0 Å². The van der Waals surface area contributed by atoms with Crippen molar-refractivity contribution >= 4 is 82.1 Å². The van der Waals surface area contributed by atoms with Gasteiger partial charge in [-0.2, -0.15) is 0 Å². The summed E-state index contributed by atoms with van der Waals surface area (Å²) in [7, 11) is 0.0374. The molecule has 2 aliphatic heterocycles. The Morgan fingerprint density at radius 3 is 1.26 bits per heavy atom. The van der Waals surface area contributed by atoms with E-state index in [1.165, 1.54) is 18.3 Å². The first-order chi connectivity index (χ1) is 17.8. The number of terminal acetylenes is 2. The van der Waals surface area contributed by atoms with Gasteiger partial charge in [-0.05, 0) is 138 Å². The largest absolute Gasteiger partial charge is 0.496 e. The molecule has 2 aliphatic rings. The molecule has 194 valence electrons. The molecule has 0 amide bonds. The SMILES string of the molecule is C#Cc1cc(C)c(C#C)cc1C.COc1cc2c(cc1I)[Si](C)(C)C1=C2[Si](C)(C)c2cc(I)c(OC)cc21. The topological polar surface area (TPSA) is 18.5 Å². The van der Waals surface area contributed by atoms with Crippen LogP contribution in [0.3, 0.4) is 0 Å². The molecule has 0 fully saturated rings. The van der Waals surface area contributed by atoms with Crippen molar-refractivity contribution in [3.63, 3.8) is 0 Å². The molecule has 3 aromatic carbocycles. The molecular formula is C32H32I2O2Si2. The molecule has 0 spiro atoms. The van der Waals surface area contributed by atoms with E-state index in [0.717, 1.165) is 33.8 Å². The molecule has 38 heavy (non-hydrogen) atoms. The maximum Gasteiger partial charge on any atom is 0.132 e. The smallest absolute Gasteiger partial charge is 0.132 e. The number of ether oxygens (including phenoxy) is 2. The quantitative estimate of drug-likeness (QED) is 0.159. The fourth-order valence-electron chi connectivity index (χ4n) is 5.83. The highest BCUT2D eigenvalue weighted by Crippen LogP contribution is 2.50. The first-order valence-electron chi connectivity index (χ1n) is 12.4. The number of hydrogen-bond acceptors (Lipinski definition) is 2. The van der Waals surface area contributed by atoms with Crippen LogP contribution in [0, 0.1) is 45.7 Å². The Hall–Kier alpha value is -1.99. The lowest BCUT2D eigenvalue weighted by molar-refractivity contribution is 0.411. The van der Waals surface area contributed by atoms with Crippen LogP contribution in [0.4, 0.5) is 0 Å². The van der Waals surface area contributed by atoms with Crippen LogP contribution in [0.25, 0.3) is 10.4 Å². The normalized spacial score (nSPS) is 15.4. The number of hydrogen-bond donors (Lipinski definition) is 0. The van der Waals surface area contributed by atoms with Crippen molar-refractivity contribution in [1.29, 1.82) is 0 Å². The Balaban J connectivity index is 0.000000236. The molecule has 0 radical (unpaired) electrons. The van der Waals surface area contributed by atoms with Crippen LogP contribution in [-0.2, 0) is 0 Å². The van der Waals surface area contributed by atoms with E-state index >= 15 is 0 Å². The van der Waals surface area contributed by atoms with Gasteiger partial charge < -0.3 is 9.47 Å². The second kappa shape index (κ2) is 10.5. The highest BCUT2D eigenvalue weighted by atomic mass is 127. The highest BCUT2D eigenvalue weighted by molar-refractivity contribution is 14.1. The van der Waals surface area contributed by atoms with Gasteiger partial charge in [0.2, 0.25) is 0 Å². The van der Waals surface area contributed by atoms with Crippen LogP contribution >= 0.6 is 45.2 Å². The first-order valence-corrected chi connectivity index (χ1v) is 20.6. The lowest BCUT2D eigenvalue weighted by Crippen LogP contribution is -2.45. The average molecular weight is 759 g/mol. The van der Waals surface area contributed by atoms with Crippen molar-refractivity contribution in [3.05, 3.63) is 76.9 Å². The molecule has 0 saturated carbocycles. The zero-order chi connectivity index (χ0) is 28.2. The maximum absolute atomic E-state index is 5.67. The first kappa shape index (κ1) is 29.0. The van der Waals surface area contributed by atoms with Crippen molar-refractivity contribution in [2.75, 3.05) is 14.2 Å². The molecule has 0 bridgehead atoms. The Labute approximate surface area is 256 Å². The second-order valence-corrected chi connectivity index (χ2v) is 21.7. The number of rotatable bonds is 2. The molecule has 0 N–H and O–H groups in total. The lowest BCUT2D eigenvalue weighted by atomic mass is 10.0. The molecule has 6 heteroatoms. The van der Waals surface area contributed by atoms with Crippen molar-refractivity contribution in [1.82, 2.24) is 0 Å². The lowest BCUT2D eigenvalue weighted by Gasteiger charge is -2.27. The Kier molecular flexibility index (Phi) is 8.04. The summed E-state index contributed by atoms with van der Waals surface area (Å²) in [5.74, 6) is 7.23. The van der Waals surface area contributed by atoms with Crippen LogP contribution in [0.2, 0.25) is 26.2 Å². The van der Waals surface area contributed by atoms with Gasteiger partial charge in [0, 0.05) is 11.1 Å². The van der Waals surface area contributed by atoms with Gasteiger partial charge in [-0.15, -0.1) is 12.8 Å². The maximum atomic E-state index is 5.67. The summed E-state index contributed by atoms with van der Waals surface area (Å²) >= 11 is 4.82. The van der Waals surface area contributed by atoms with Gasteiger partial charge in [0.1, 0.15) is 27.6 Å². The third-order valence-electron chi connectivity index (χ3n) is 7.85. The number of aryl methyl sites for hydroxylation is 2. The fourth-order valence-corrected chi connectivity index (χ4v) is 16.5. The average Bonchev–Trinajstić information content (AvgIpc) is 3.25. The standard InChI is InChI=1S/C20H22I2O2Si2.C12H10/c1-23-15-7-11-17(9-13(15)21)25(3,4)20-12-8-16(24-2)14(22)10-18(12)26(5,6)19(11)20;1-5-11-7-10(4)12(6-2)8-9(11)3/h7-10H,1-6H3;1-2,7-8H,3-4H3. The third kappa shape index (κ3) is 4.58. The van der Waals surface area contributed by atoms with E-state index in [9.17, 15) is 0 Å². The Morgan fingerprint density at radius 1 is 0.632 bits per heavy atom. The molecule has 2 nitrogen and oxygen atoms in total. The van der Waals surface area contributed by atoms with Gasteiger partial charge in [0.25, 0.3) is 0 Å². The third-order valence-corrected chi connectivity index (χ3v) is 16.8. The van der Waals surface area contributed by atoms with Crippen molar-refractivity contribution in [2.45, 2.75) is 40.0 Å². The minimum atomic E-state index is -1.76. The number of fused-ring (bicyclic) bond motifs is 4. The van der Waals surface area contributed by atoms with Gasteiger partial charge in [-0.1, -0.05) is 38.0 Å². The van der Waals surface area contributed by atoms with Crippen LogP contribution in [0.1, 0.15) is 33.4 Å². The summed E-state index contributed by atoms with van der Waals surface area (Å²) in [4.78, 5) is 0. The molecule has 0 atom stereocenters. The van der Waals surface area contributed by atoms with E-state index in [0.29, 0.717) is 0 Å².